The van der Waals surface area contributed by atoms with Crippen molar-refractivity contribution in [2.45, 2.75) is 71.5 Å². The Labute approximate surface area is 134 Å². The molecule has 11 heteroatoms. The first-order chi connectivity index (χ1) is 10.6. The minimum Gasteiger partial charge on any atom is -0.741 e. The number of rotatable bonds is 7. The van der Waals surface area contributed by atoms with Gasteiger partial charge in [0.25, 0.3) is 5.82 Å². The topological polar surface area (TPSA) is 91.8 Å². The summed E-state index contributed by atoms with van der Waals surface area (Å²) in [6, 6.07) is 0. The normalized spacial score (nSPS) is 12.0. The minimum atomic E-state index is -6.09. The van der Waals surface area contributed by atoms with Gasteiger partial charge in [0.15, 0.2) is 10.1 Å². The summed E-state index contributed by atoms with van der Waals surface area (Å²) >= 11 is 0. The van der Waals surface area contributed by atoms with Crippen LogP contribution in [-0.4, -0.2) is 33.6 Å². The molecule has 0 fully saturated rings. The summed E-state index contributed by atoms with van der Waals surface area (Å²) in [6.45, 7) is 8.38. The van der Waals surface area contributed by atoms with Crippen LogP contribution in [0.5, 0.6) is 0 Å². The van der Waals surface area contributed by atoms with E-state index in [1.165, 1.54) is 19.3 Å². The number of hydrogen-bond donors (Lipinski definition) is 0. The van der Waals surface area contributed by atoms with Crippen molar-refractivity contribution < 1.29 is 30.8 Å². The zero-order chi connectivity index (χ0) is 18.1. The molecule has 0 unspecified atom stereocenters. The van der Waals surface area contributed by atoms with E-state index in [0.717, 1.165) is 31.8 Å². The summed E-state index contributed by atoms with van der Waals surface area (Å²) < 4.78 is 60.9. The van der Waals surface area contributed by atoms with Crippen molar-refractivity contribution in [2.75, 3.05) is 0 Å². The largest absolute Gasteiger partial charge is 0.741 e. The number of nitrogens with zero attached hydrogens (tertiary/aromatic N) is 4. The number of alkyl halides is 3. The standard InChI is InChI=1S/C11H23N4.CHF3O3S/c1-4-7-9-11-12-15(10-8-5-2)13-14(11)6-3;2-1(3,4)8(5,6)7/h4-10H2,1-3H3;(H,5,6,7)/q+1;/p-1. The maximum absolute atomic E-state index is 10.7. The fourth-order valence-electron chi connectivity index (χ4n) is 1.54. The zero-order valence-electron chi connectivity index (χ0n) is 13.5. The van der Waals surface area contributed by atoms with Gasteiger partial charge in [-0.1, -0.05) is 26.7 Å². The number of aryl methyl sites for hydroxylation is 3. The summed E-state index contributed by atoms with van der Waals surface area (Å²) in [5.74, 6) is 1.13. The van der Waals surface area contributed by atoms with Gasteiger partial charge in [-0.05, 0) is 24.6 Å². The van der Waals surface area contributed by atoms with E-state index in [2.05, 4.69) is 31.1 Å². The van der Waals surface area contributed by atoms with Gasteiger partial charge < -0.3 is 4.55 Å². The first kappa shape index (κ1) is 21.8. The molecule has 0 aromatic carbocycles. The molecule has 0 spiro atoms. The van der Waals surface area contributed by atoms with Crippen molar-refractivity contribution in [1.29, 1.82) is 0 Å². The molecular weight excluding hydrogens is 337 g/mol. The molecule has 0 radical (unpaired) electrons. The highest BCUT2D eigenvalue weighted by Gasteiger charge is 2.36. The van der Waals surface area contributed by atoms with E-state index in [4.69, 9.17) is 13.0 Å². The third kappa shape index (κ3) is 8.26. The molecule has 1 aromatic rings. The Morgan fingerprint density at radius 3 is 2.09 bits per heavy atom. The first-order valence-electron chi connectivity index (χ1n) is 7.43. The smallest absolute Gasteiger partial charge is 0.485 e. The Bertz CT molecular complexity index is 558. The van der Waals surface area contributed by atoms with Crippen molar-refractivity contribution in [3.63, 3.8) is 0 Å². The average Bonchev–Trinajstić information content (AvgIpc) is 2.83. The van der Waals surface area contributed by atoms with Crippen LogP contribution < -0.4 is 4.68 Å². The highest BCUT2D eigenvalue weighted by Crippen LogP contribution is 2.20. The minimum absolute atomic E-state index is 0.922. The van der Waals surface area contributed by atoms with Gasteiger partial charge in [0.05, 0.1) is 16.9 Å². The Kier molecular flexibility index (Phi) is 9.28. The molecule has 23 heavy (non-hydrogen) atoms. The van der Waals surface area contributed by atoms with Gasteiger partial charge in [-0.25, -0.2) is 8.42 Å². The van der Waals surface area contributed by atoms with Gasteiger partial charge in [-0.15, -0.1) is 4.68 Å². The van der Waals surface area contributed by atoms with Crippen LogP contribution in [0.2, 0.25) is 0 Å². The highest BCUT2D eigenvalue weighted by molar-refractivity contribution is 7.86. The summed E-state index contributed by atoms with van der Waals surface area (Å²) in [4.78, 5) is 1.85. The van der Waals surface area contributed by atoms with Crippen molar-refractivity contribution in [1.82, 2.24) is 15.1 Å². The molecule has 0 aliphatic rings. The monoisotopic (exact) mass is 360 g/mol. The number of aromatic nitrogens is 4. The number of halogens is 3. The Morgan fingerprint density at radius 2 is 1.70 bits per heavy atom. The molecule has 0 atom stereocenters. The molecule has 0 N–H and O–H groups in total. The van der Waals surface area contributed by atoms with Crippen LogP contribution in [0.4, 0.5) is 13.2 Å². The van der Waals surface area contributed by atoms with Crippen molar-refractivity contribution >= 4 is 10.1 Å². The zero-order valence-corrected chi connectivity index (χ0v) is 14.3. The maximum Gasteiger partial charge on any atom is 0.485 e. The molecule has 0 saturated heterocycles. The number of unbranched alkanes of at least 4 members (excludes halogenated alkanes) is 2. The Morgan fingerprint density at radius 1 is 1.17 bits per heavy atom. The first-order valence-corrected chi connectivity index (χ1v) is 8.83. The Balaban J connectivity index is 0.000000515. The van der Waals surface area contributed by atoms with E-state index in [0.29, 0.717) is 0 Å². The van der Waals surface area contributed by atoms with Crippen molar-refractivity contribution in [2.24, 2.45) is 0 Å². The quantitative estimate of drug-likeness (QED) is 0.420. The summed E-state index contributed by atoms with van der Waals surface area (Å²) in [5, 5.41) is 8.97. The molecular formula is C12H23F3N4O3S. The van der Waals surface area contributed by atoms with Crippen LogP contribution in [-0.2, 0) is 29.6 Å². The van der Waals surface area contributed by atoms with Gasteiger partial charge in [0, 0.05) is 6.42 Å². The molecule has 136 valence electrons. The fourth-order valence-corrected chi connectivity index (χ4v) is 1.54. The lowest BCUT2D eigenvalue weighted by Crippen LogP contribution is -2.39. The predicted molar refractivity (Wildman–Crippen MR) is 75.2 cm³/mol. The summed E-state index contributed by atoms with van der Waals surface area (Å²) in [5.41, 5.74) is -5.65. The second-order valence-corrected chi connectivity index (χ2v) is 6.15. The van der Waals surface area contributed by atoms with Gasteiger partial charge in [-0.2, -0.15) is 13.2 Å². The average molecular weight is 360 g/mol. The lowest BCUT2D eigenvalue weighted by molar-refractivity contribution is -0.759. The van der Waals surface area contributed by atoms with Crippen LogP contribution in [0.15, 0.2) is 0 Å². The van der Waals surface area contributed by atoms with Crippen molar-refractivity contribution in [3.8, 4) is 0 Å². The van der Waals surface area contributed by atoms with Gasteiger partial charge in [0.2, 0.25) is 0 Å². The summed E-state index contributed by atoms with van der Waals surface area (Å²) in [6.07, 6.45) is 5.82. The van der Waals surface area contributed by atoms with E-state index in [1.54, 1.807) is 0 Å². The van der Waals surface area contributed by atoms with Crippen LogP contribution >= 0.6 is 0 Å². The SMILES string of the molecule is CCCCc1nn(CCCC)n[n+]1CC.O=S(=O)([O-])C(F)(F)F. The predicted octanol–water partition coefficient (Wildman–Crippen LogP) is 1.78. The Hall–Kier alpha value is -1.23. The molecule has 0 bridgehead atoms. The molecule has 1 heterocycles. The van der Waals surface area contributed by atoms with E-state index in [9.17, 15) is 13.2 Å². The molecule has 0 aliphatic carbocycles. The lowest BCUT2D eigenvalue weighted by Gasteiger charge is -2.08. The number of hydrogen-bond acceptors (Lipinski definition) is 5. The van der Waals surface area contributed by atoms with Crippen LogP contribution in [0, 0.1) is 0 Å². The van der Waals surface area contributed by atoms with E-state index in [1.807, 2.05) is 9.48 Å². The van der Waals surface area contributed by atoms with E-state index < -0.39 is 15.6 Å². The molecule has 0 amide bonds. The molecule has 1 rings (SSSR count). The second kappa shape index (κ2) is 9.81. The van der Waals surface area contributed by atoms with E-state index in [-0.39, 0.29) is 0 Å². The van der Waals surface area contributed by atoms with Gasteiger partial charge in [0.1, 0.15) is 6.54 Å². The van der Waals surface area contributed by atoms with E-state index >= 15 is 0 Å². The molecule has 0 aliphatic heterocycles. The van der Waals surface area contributed by atoms with Gasteiger partial charge in [-0.3, -0.25) is 0 Å². The fraction of sp³-hybridized carbons (Fsp3) is 0.917. The third-order valence-corrected chi connectivity index (χ3v) is 3.36. The van der Waals surface area contributed by atoms with Crippen LogP contribution in [0.25, 0.3) is 0 Å². The molecule has 0 saturated carbocycles. The second-order valence-electron chi connectivity index (χ2n) is 4.77. The number of tetrazole rings is 1. The highest BCUT2D eigenvalue weighted by atomic mass is 32.2. The lowest BCUT2D eigenvalue weighted by atomic mass is 10.2. The van der Waals surface area contributed by atoms with Gasteiger partial charge >= 0.3 is 5.51 Å². The van der Waals surface area contributed by atoms with Crippen molar-refractivity contribution in [3.05, 3.63) is 5.82 Å². The summed E-state index contributed by atoms with van der Waals surface area (Å²) in [7, 11) is -6.09. The molecule has 7 nitrogen and oxygen atoms in total. The maximum atomic E-state index is 10.7. The van der Waals surface area contributed by atoms with Crippen LogP contribution in [0.3, 0.4) is 0 Å². The van der Waals surface area contributed by atoms with Crippen LogP contribution in [0.1, 0.15) is 52.3 Å². The third-order valence-electron chi connectivity index (χ3n) is 2.79. The molecule has 1 aromatic heterocycles.